The Morgan fingerprint density at radius 1 is 1.43 bits per heavy atom. The van der Waals surface area contributed by atoms with Crippen LogP contribution in [0, 0.1) is 18.7 Å². The molecular weight excluding hydrogens is 315 g/mol. The highest BCUT2D eigenvalue weighted by molar-refractivity contribution is 7.09. The monoisotopic (exact) mass is 334 g/mol. The van der Waals surface area contributed by atoms with Gasteiger partial charge in [0.15, 0.2) is 0 Å². The summed E-state index contributed by atoms with van der Waals surface area (Å²) in [6.07, 6.45) is 1.11. The summed E-state index contributed by atoms with van der Waals surface area (Å²) in [7, 11) is 0. The molecule has 0 aliphatic carbocycles. The number of carbonyl (C=O) groups is 1. The summed E-state index contributed by atoms with van der Waals surface area (Å²) in [6, 6.07) is 6.38. The molecule has 4 nitrogen and oxygen atoms in total. The molecule has 2 atom stereocenters. The van der Waals surface area contributed by atoms with E-state index in [0.29, 0.717) is 19.6 Å². The fraction of sp³-hybridized carbons (Fsp3) is 0.412. The van der Waals surface area contributed by atoms with Gasteiger partial charge in [-0.3, -0.25) is 4.79 Å². The van der Waals surface area contributed by atoms with Crippen LogP contribution < -0.4 is 5.32 Å². The third kappa shape index (κ3) is 4.14. The zero-order chi connectivity index (χ0) is 16.2. The van der Waals surface area contributed by atoms with Crippen molar-refractivity contribution < 1.29 is 13.9 Å². The summed E-state index contributed by atoms with van der Waals surface area (Å²) >= 11 is 1.55. The Morgan fingerprint density at radius 3 is 2.91 bits per heavy atom. The maximum atomic E-state index is 13.0. The summed E-state index contributed by atoms with van der Waals surface area (Å²) in [4.78, 5) is 16.3. The lowest BCUT2D eigenvalue weighted by Gasteiger charge is -2.19. The van der Waals surface area contributed by atoms with Crippen molar-refractivity contribution in [3.8, 4) is 0 Å². The first-order valence-corrected chi connectivity index (χ1v) is 8.54. The average molecular weight is 334 g/mol. The van der Waals surface area contributed by atoms with Crippen LogP contribution in [0.5, 0.6) is 0 Å². The van der Waals surface area contributed by atoms with E-state index in [1.165, 1.54) is 12.1 Å². The van der Waals surface area contributed by atoms with Crippen LogP contribution in [0.3, 0.4) is 0 Å². The van der Waals surface area contributed by atoms with E-state index in [9.17, 15) is 9.18 Å². The number of carbonyl (C=O) groups excluding carboxylic acids is 1. The second kappa shape index (κ2) is 7.19. The van der Waals surface area contributed by atoms with Gasteiger partial charge in [0.1, 0.15) is 5.82 Å². The minimum Gasteiger partial charge on any atom is -0.373 e. The number of ether oxygens (including phenoxy) is 1. The van der Waals surface area contributed by atoms with Gasteiger partial charge in [0.25, 0.3) is 0 Å². The number of amides is 1. The lowest BCUT2D eigenvalue weighted by Crippen LogP contribution is -2.31. The van der Waals surface area contributed by atoms with E-state index < -0.39 is 0 Å². The number of hydrogen-bond donors (Lipinski definition) is 1. The van der Waals surface area contributed by atoms with Crippen molar-refractivity contribution in [3.05, 3.63) is 51.7 Å². The zero-order valence-corrected chi connectivity index (χ0v) is 13.7. The molecule has 0 saturated carbocycles. The van der Waals surface area contributed by atoms with Crippen LogP contribution in [-0.2, 0) is 16.0 Å². The van der Waals surface area contributed by atoms with Gasteiger partial charge in [-0.05, 0) is 31.0 Å². The second-order valence-electron chi connectivity index (χ2n) is 5.73. The lowest BCUT2D eigenvalue weighted by atomic mass is 9.95. The normalized spacial score (nSPS) is 20.6. The lowest BCUT2D eigenvalue weighted by molar-refractivity contribution is -0.120. The Hall–Kier alpha value is -1.79. The van der Waals surface area contributed by atoms with Gasteiger partial charge >= 0.3 is 0 Å². The van der Waals surface area contributed by atoms with E-state index in [0.717, 1.165) is 22.7 Å². The van der Waals surface area contributed by atoms with Gasteiger partial charge in [0.05, 0.1) is 23.2 Å². The number of nitrogens with zero attached hydrogens (tertiary/aromatic N) is 1. The molecule has 1 saturated heterocycles. The van der Waals surface area contributed by atoms with Crippen molar-refractivity contribution in [1.29, 1.82) is 0 Å². The largest absolute Gasteiger partial charge is 0.373 e. The Bertz CT molecular complexity index is 671. The topological polar surface area (TPSA) is 51.2 Å². The predicted molar refractivity (Wildman–Crippen MR) is 86.8 cm³/mol. The third-order valence-electron chi connectivity index (χ3n) is 3.98. The highest BCUT2D eigenvalue weighted by Crippen LogP contribution is 2.34. The van der Waals surface area contributed by atoms with Crippen LogP contribution in [0.15, 0.2) is 29.6 Å². The van der Waals surface area contributed by atoms with Crippen molar-refractivity contribution in [1.82, 2.24) is 10.3 Å². The quantitative estimate of drug-likeness (QED) is 0.914. The van der Waals surface area contributed by atoms with Gasteiger partial charge < -0.3 is 10.1 Å². The molecule has 0 bridgehead atoms. The SMILES string of the molecule is Cc1nc(CC(=O)NC[C@@H]2CCO[C@H]2c2ccc(F)cc2)cs1. The van der Waals surface area contributed by atoms with Gasteiger partial charge in [0.2, 0.25) is 5.91 Å². The molecule has 1 fully saturated rings. The molecule has 1 aliphatic rings. The van der Waals surface area contributed by atoms with Gasteiger partial charge in [0, 0.05) is 24.4 Å². The molecule has 6 heteroatoms. The third-order valence-corrected chi connectivity index (χ3v) is 4.80. The van der Waals surface area contributed by atoms with Gasteiger partial charge in [-0.25, -0.2) is 9.37 Å². The maximum Gasteiger partial charge on any atom is 0.226 e. The summed E-state index contributed by atoms with van der Waals surface area (Å²) < 4.78 is 18.8. The van der Waals surface area contributed by atoms with E-state index in [-0.39, 0.29) is 23.7 Å². The van der Waals surface area contributed by atoms with E-state index in [4.69, 9.17) is 4.74 Å². The number of thiazole rings is 1. The first-order valence-electron chi connectivity index (χ1n) is 7.66. The molecular formula is C17H19FN2O2S. The Kier molecular flexibility index (Phi) is 5.03. The summed E-state index contributed by atoms with van der Waals surface area (Å²) in [5.74, 6) is -0.0724. The Balaban J connectivity index is 1.54. The molecule has 0 radical (unpaired) electrons. The fourth-order valence-electron chi connectivity index (χ4n) is 2.83. The summed E-state index contributed by atoms with van der Waals surface area (Å²) in [6.45, 7) is 3.15. The zero-order valence-electron chi connectivity index (χ0n) is 12.9. The van der Waals surface area contributed by atoms with E-state index in [1.807, 2.05) is 12.3 Å². The molecule has 2 aromatic rings. The standard InChI is InChI=1S/C17H19FN2O2S/c1-11-20-15(10-23-11)8-16(21)19-9-13-6-7-22-17(13)12-2-4-14(18)5-3-12/h2-5,10,13,17H,6-9H2,1H3,(H,19,21)/t13-,17-/m0/s1. The van der Waals surface area contributed by atoms with Crippen LogP contribution in [0.4, 0.5) is 4.39 Å². The van der Waals surface area contributed by atoms with Crippen LogP contribution in [0.1, 0.15) is 28.8 Å². The van der Waals surface area contributed by atoms with Crippen molar-refractivity contribution in [2.75, 3.05) is 13.2 Å². The van der Waals surface area contributed by atoms with Crippen LogP contribution in [0.25, 0.3) is 0 Å². The van der Waals surface area contributed by atoms with Gasteiger partial charge in [-0.2, -0.15) is 0 Å². The minimum atomic E-state index is -0.254. The number of nitrogens with one attached hydrogen (secondary N) is 1. The molecule has 1 aromatic carbocycles. The van der Waals surface area contributed by atoms with Crippen molar-refractivity contribution >= 4 is 17.2 Å². The number of rotatable bonds is 5. The fourth-order valence-corrected chi connectivity index (χ4v) is 3.44. The van der Waals surface area contributed by atoms with Crippen molar-refractivity contribution in [2.24, 2.45) is 5.92 Å². The van der Waals surface area contributed by atoms with Crippen molar-refractivity contribution in [2.45, 2.75) is 25.9 Å². The molecule has 2 heterocycles. The smallest absolute Gasteiger partial charge is 0.226 e. The molecule has 0 spiro atoms. The molecule has 1 amide bonds. The number of aryl methyl sites for hydroxylation is 1. The van der Waals surface area contributed by atoms with Crippen LogP contribution >= 0.6 is 11.3 Å². The highest BCUT2D eigenvalue weighted by atomic mass is 32.1. The predicted octanol–water partition coefficient (Wildman–Crippen LogP) is 3.03. The number of benzene rings is 1. The average Bonchev–Trinajstić information content (AvgIpc) is 3.15. The summed E-state index contributed by atoms with van der Waals surface area (Å²) in [5, 5.41) is 5.84. The van der Waals surface area contributed by atoms with Crippen LogP contribution in [-0.4, -0.2) is 24.0 Å². The van der Waals surface area contributed by atoms with E-state index in [2.05, 4.69) is 10.3 Å². The van der Waals surface area contributed by atoms with Gasteiger partial charge in [-0.1, -0.05) is 12.1 Å². The molecule has 0 unspecified atom stereocenters. The van der Waals surface area contributed by atoms with E-state index in [1.54, 1.807) is 23.5 Å². The van der Waals surface area contributed by atoms with Gasteiger partial charge in [-0.15, -0.1) is 11.3 Å². The molecule has 1 aliphatic heterocycles. The Morgan fingerprint density at radius 2 is 2.22 bits per heavy atom. The maximum absolute atomic E-state index is 13.0. The molecule has 23 heavy (non-hydrogen) atoms. The molecule has 1 N–H and O–H groups in total. The Labute approximate surface area is 138 Å². The molecule has 122 valence electrons. The second-order valence-corrected chi connectivity index (χ2v) is 6.79. The molecule has 1 aromatic heterocycles. The summed E-state index contributed by atoms with van der Waals surface area (Å²) in [5.41, 5.74) is 1.76. The highest BCUT2D eigenvalue weighted by Gasteiger charge is 2.29. The van der Waals surface area contributed by atoms with Crippen molar-refractivity contribution in [3.63, 3.8) is 0 Å². The van der Waals surface area contributed by atoms with Crippen LogP contribution in [0.2, 0.25) is 0 Å². The first kappa shape index (κ1) is 16.1. The number of hydrogen-bond acceptors (Lipinski definition) is 4. The first-order chi connectivity index (χ1) is 11.1. The number of aromatic nitrogens is 1. The molecule has 3 rings (SSSR count). The minimum absolute atomic E-state index is 0.0277. The number of halogens is 1. The van der Waals surface area contributed by atoms with E-state index >= 15 is 0 Å².